The highest BCUT2D eigenvalue weighted by Crippen LogP contribution is 2.48. The van der Waals surface area contributed by atoms with Crippen molar-refractivity contribution < 1.29 is 35.8 Å². The monoisotopic (exact) mass is 288 g/mol. The number of aliphatic hydroxyl groups is 1. The Morgan fingerprint density at radius 1 is 0.947 bits per heavy atom. The van der Waals surface area contributed by atoms with Crippen molar-refractivity contribution in [3.8, 4) is 0 Å². The van der Waals surface area contributed by atoms with E-state index in [1.165, 1.54) is 0 Å². The molecular formula is C11H7F7O. The van der Waals surface area contributed by atoms with Gasteiger partial charge in [0.25, 0.3) is 0 Å². The predicted octanol–water partition coefficient (Wildman–Crippen LogP) is 3.98. The maximum atomic E-state index is 13.4. The molecule has 0 bridgehead atoms. The van der Waals surface area contributed by atoms with Crippen molar-refractivity contribution in [2.75, 3.05) is 0 Å². The van der Waals surface area contributed by atoms with Gasteiger partial charge < -0.3 is 5.11 Å². The van der Waals surface area contributed by atoms with E-state index in [-0.39, 0.29) is 5.56 Å². The van der Waals surface area contributed by atoms with Crippen molar-refractivity contribution in [3.05, 3.63) is 47.3 Å². The molecule has 0 radical (unpaired) electrons. The second-order valence-electron chi connectivity index (χ2n) is 3.58. The molecule has 0 spiro atoms. The van der Waals surface area contributed by atoms with Crippen molar-refractivity contribution in [2.24, 2.45) is 0 Å². The molecule has 0 atom stereocenters. The van der Waals surface area contributed by atoms with Crippen molar-refractivity contribution in [1.82, 2.24) is 0 Å². The largest absolute Gasteiger partial charge is 0.392 e. The minimum Gasteiger partial charge on any atom is -0.392 e. The molecule has 0 saturated heterocycles. The van der Waals surface area contributed by atoms with Crippen LogP contribution >= 0.6 is 0 Å². The van der Waals surface area contributed by atoms with Gasteiger partial charge in [0.2, 0.25) is 5.83 Å². The quantitative estimate of drug-likeness (QED) is 0.831. The van der Waals surface area contributed by atoms with E-state index < -0.39 is 35.9 Å². The van der Waals surface area contributed by atoms with Gasteiger partial charge >= 0.3 is 17.9 Å². The number of rotatable bonds is 4. The van der Waals surface area contributed by atoms with Crippen LogP contribution in [-0.4, -0.2) is 11.0 Å². The highest BCUT2D eigenvalue weighted by molar-refractivity contribution is 5.30. The van der Waals surface area contributed by atoms with Gasteiger partial charge in [-0.25, -0.2) is 0 Å². The molecule has 0 aliphatic heterocycles. The number of hydrogen-bond donors (Lipinski definition) is 1. The molecule has 1 rings (SSSR count). The number of halogens is 7. The standard InChI is InChI=1S/C11H7F7O/c12-8(9(13)14)11(17,18)10(15,16)7-3-1-6(5-19)2-4-7/h1-4,19H,5H2. The summed E-state index contributed by atoms with van der Waals surface area (Å²) < 4.78 is 88.7. The van der Waals surface area contributed by atoms with Crippen molar-refractivity contribution >= 4 is 0 Å². The average molecular weight is 288 g/mol. The first kappa shape index (κ1) is 15.5. The van der Waals surface area contributed by atoms with E-state index in [1.54, 1.807) is 0 Å². The Morgan fingerprint density at radius 3 is 1.79 bits per heavy atom. The molecule has 0 saturated carbocycles. The van der Waals surface area contributed by atoms with Gasteiger partial charge in [-0.15, -0.1) is 0 Å². The third-order valence-corrected chi connectivity index (χ3v) is 2.33. The van der Waals surface area contributed by atoms with E-state index >= 15 is 0 Å². The van der Waals surface area contributed by atoms with Crippen LogP contribution < -0.4 is 0 Å². The Balaban J connectivity index is 3.25. The molecule has 0 aliphatic rings. The normalized spacial score (nSPS) is 12.4. The Morgan fingerprint density at radius 2 is 1.42 bits per heavy atom. The van der Waals surface area contributed by atoms with Crippen molar-refractivity contribution in [1.29, 1.82) is 0 Å². The maximum absolute atomic E-state index is 13.4. The van der Waals surface area contributed by atoms with Crippen LogP contribution in [0.4, 0.5) is 30.7 Å². The van der Waals surface area contributed by atoms with Gasteiger partial charge in [-0.3, -0.25) is 0 Å². The van der Waals surface area contributed by atoms with E-state index in [0.29, 0.717) is 12.1 Å². The molecule has 1 aromatic rings. The van der Waals surface area contributed by atoms with Gasteiger partial charge in [0.1, 0.15) is 0 Å². The first-order chi connectivity index (χ1) is 8.64. The fraction of sp³-hybridized carbons (Fsp3) is 0.273. The van der Waals surface area contributed by atoms with E-state index in [4.69, 9.17) is 5.11 Å². The lowest BCUT2D eigenvalue weighted by molar-refractivity contribution is -0.204. The summed E-state index contributed by atoms with van der Waals surface area (Å²) in [6, 6.07) is 2.80. The zero-order chi connectivity index (χ0) is 14.8. The van der Waals surface area contributed by atoms with Crippen LogP contribution in [0.25, 0.3) is 0 Å². The molecular weight excluding hydrogens is 281 g/mol. The van der Waals surface area contributed by atoms with E-state index in [9.17, 15) is 30.7 Å². The molecule has 0 fully saturated rings. The summed E-state index contributed by atoms with van der Waals surface area (Å²) in [7, 11) is 0. The fourth-order valence-corrected chi connectivity index (χ4v) is 1.26. The van der Waals surface area contributed by atoms with Gasteiger partial charge in [-0.1, -0.05) is 24.3 Å². The molecule has 0 heterocycles. The third-order valence-electron chi connectivity index (χ3n) is 2.33. The first-order valence-electron chi connectivity index (χ1n) is 4.81. The minimum absolute atomic E-state index is 0.149. The summed E-state index contributed by atoms with van der Waals surface area (Å²) in [5.74, 6) is -14.3. The number of allylic oxidation sites excluding steroid dienone is 1. The molecule has 0 aromatic heterocycles. The average Bonchev–Trinajstić information content (AvgIpc) is 2.37. The lowest BCUT2D eigenvalue weighted by atomic mass is 10.00. The summed E-state index contributed by atoms with van der Waals surface area (Å²) in [6.07, 6.45) is -3.50. The summed E-state index contributed by atoms with van der Waals surface area (Å²) in [5, 5.41) is 8.65. The maximum Gasteiger partial charge on any atom is 0.370 e. The molecule has 106 valence electrons. The van der Waals surface area contributed by atoms with Gasteiger partial charge in [0, 0.05) is 5.56 Å². The van der Waals surface area contributed by atoms with Crippen LogP contribution in [0.2, 0.25) is 0 Å². The lowest BCUT2D eigenvalue weighted by Crippen LogP contribution is -2.39. The third kappa shape index (κ3) is 2.73. The smallest absolute Gasteiger partial charge is 0.370 e. The molecule has 1 nitrogen and oxygen atoms in total. The van der Waals surface area contributed by atoms with Gasteiger partial charge in [0.15, 0.2) is 0 Å². The Kier molecular flexibility index (Phi) is 4.24. The molecule has 1 N–H and O–H groups in total. The Bertz CT molecular complexity index is 474. The topological polar surface area (TPSA) is 20.2 Å². The zero-order valence-electron chi connectivity index (χ0n) is 9.11. The molecule has 0 aliphatic carbocycles. The Hall–Kier alpha value is -1.57. The van der Waals surface area contributed by atoms with Crippen LogP contribution in [0, 0.1) is 0 Å². The summed E-state index contributed by atoms with van der Waals surface area (Å²) >= 11 is 0. The number of benzene rings is 1. The number of hydrogen-bond acceptors (Lipinski definition) is 1. The van der Waals surface area contributed by atoms with Gasteiger partial charge in [0.05, 0.1) is 6.61 Å². The van der Waals surface area contributed by atoms with E-state index in [2.05, 4.69) is 0 Å². The second-order valence-corrected chi connectivity index (χ2v) is 3.58. The summed E-state index contributed by atoms with van der Waals surface area (Å²) in [5.41, 5.74) is -1.19. The van der Waals surface area contributed by atoms with Crippen LogP contribution in [0.15, 0.2) is 36.2 Å². The predicted molar refractivity (Wildman–Crippen MR) is 51.6 cm³/mol. The van der Waals surface area contributed by atoms with Crippen molar-refractivity contribution in [2.45, 2.75) is 18.5 Å². The molecule has 0 amide bonds. The van der Waals surface area contributed by atoms with Gasteiger partial charge in [-0.2, -0.15) is 30.7 Å². The van der Waals surface area contributed by atoms with E-state index in [1.807, 2.05) is 0 Å². The molecule has 1 aromatic carbocycles. The zero-order valence-corrected chi connectivity index (χ0v) is 9.11. The highest BCUT2D eigenvalue weighted by atomic mass is 19.3. The van der Waals surface area contributed by atoms with Crippen LogP contribution in [0.5, 0.6) is 0 Å². The van der Waals surface area contributed by atoms with Gasteiger partial charge in [-0.05, 0) is 5.56 Å². The summed E-state index contributed by atoms with van der Waals surface area (Å²) in [6.45, 7) is -0.518. The second kappa shape index (κ2) is 5.20. The fourth-order valence-electron chi connectivity index (χ4n) is 1.26. The van der Waals surface area contributed by atoms with Crippen LogP contribution in [0.1, 0.15) is 11.1 Å². The molecule has 0 unspecified atom stereocenters. The SMILES string of the molecule is OCc1ccc(C(F)(F)C(F)(F)C(F)=C(F)F)cc1. The van der Waals surface area contributed by atoms with Crippen LogP contribution in [-0.2, 0) is 12.5 Å². The Labute approximate surface area is 103 Å². The molecule has 8 heteroatoms. The summed E-state index contributed by atoms with van der Waals surface area (Å²) in [4.78, 5) is 0. The van der Waals surface area contributed by atoms with Crippen LogP contribution in [0.3, 0.4) is 0 Å². The lowest BCUT2D eigenvalue weighted by Gasteiger charge is -2.25. The molecule has 19 heavy (non-hydrogen) atoms. The minimum atomic E-state index is -5.66. The number of alkyl halides is 4. The highest BCUT2D eigenvalue weighted by Gasteiger charge is 2.62. The van der Waals surface area contributed by atoms with E-state index in [0.717, 1.165) is 12.1 Å². The number of aliphatic hydroxyl groups excluding tert-OH is 1. The first-order valence-corrected chi connectivity index (χ1v) is 4.81. The van der Waals surface area contributed by atoms with Crippen molar-refractivity contribution in [3.63, 3.8) is 0 Å².